The zero-order valence-electron chi connectivity index (χ0n) is 12.0. The van der Waals surface area contributed by atoms with Crippen molar-refractivity contribution in [1.29, 1.82) is 0 Å². The zero-order valence-corrected chi connectivity index (χ0v) is 12.0. The molecule has 0 spiro atoms. The number of aromatic nitrogens is 2. The van der Waals surface area contributed by atoms with E-state index >= 15 is 0 Å². The van der Waals surface area contributed by atoms with Gasteiger partial charge in [0.25, 0.3) is 0 Å². The average Bonchev–Trinajstić information content (AvgIpc) is 3.01. The van der Waals surface area contributed by atoms with Crippen LogP contribution < -0.4 is 0 Å². The maximum Gasteiger partial charge on any atom is 0.169 e. The molecule has 0 N–H and O–H groups in total. The Balaban J connectivity index is 1.85. The summed E-state index contributed by atoms with van der Waals surface area (Å²) in [5.74, 6) is 1.00. The monoisotopic (exact) mass is 272 g/mol. The summed E-state index contributed by atoms with van der Waals surface area (Å²) >= 11 is 0. The van der Waals surface area contributed by atoms with Gasteiger partial charge >= 0.3 is 0 Å². The highest BCUT2D eigenvalue weighted by Crippen LogP contribution is 2.22. The SMILES string of the molecule is CCn1c(CC(=O)C2CCC(C)O2)nc2ccccc21. The van der Waals surface area contributed by atoms with Gasteiger partial charge in [0.15, 0.2) is 5.78 Å². The molecule has 2 heterocycles. The van der Waals surface area contributed by atoms with Crippen LogP contribution in [0.4, 0.5) is 0 Å². The van der Waals surface area contributed by atoms with Crippen molar-refractivity contribution in [3.8, 4) is 0 Å². The van der Waals surface area contributed by atoms with Gasteiger partial charge in [0.2, 0.25) is 0 Å². The van der Waals surface area contributed by atoms with Crippen LogP contribution in [-0.2, 0) is 22.5 Å². The lowest BCUT2D eigenvalue weighted by Gasteiger charge is -2.10. The Morgan fingerprint density at radius 2 is 2.20 bits per heavy atom. The van der Waals surface area contributed by atoms with Crippen molar-refractivity contribution < 1.29 is 9.53 Å². The van der Waals surface area contributed by atoms with Gasteiger partial charge < -0.3 is 9.30 Å². The number of benzene rings is 1. The number of rotatable bonds is 4. The smallest absolute Gasteiger partial charge is 0.169 e. The van der Waals surface area contributed by atoms with Gasteiger partial charge in [0.05, 0.1) is 23.6 Å². The van der Waals surface area contributed by atoms with E-state index < -0.39 is 0 Å². The molecule has 0 aliphatic carbocycles. The number of nitrogens with zero attached hydrogens (tertiary/aromatic N) is 2. The highest BCUT2D eigenvalue weighted by atomic mass is 16.5. The summed E-state index contributed by atoms with van der Waals surface area (Å²) in [5.41, 5.74) is 2.05. The largest absolute Gasteiger partial charge is 0.367 e. The number of carbonyl (C=O) groups excluding carboxylic acids is 1. The number of hydrogen-bond donors (Lipinski definition) is 0. The Kier molecular flexibility index (Phi) is 3.57. The summed E-state index contributed by atoms with van der Waals surface area (Å²) in [7, 11) is 0. The first-order valence-electron chi connectivity index (χ1n) is 7.31. The maximum atomic E-state index is 12.3. The van der Waals surface area contributed by atoms with Gasteiger partial charge in [-0.15, -0.1) is 0 Å². The van der Waals surface area contributed by atoms with Gasteiger partial charge in [-0.3, -0.25) is 4.79 Å². The second-order valence-corrected chi connectivity index (χ2v) is 5.42. The fourth-order valence-electron chi connectivity index (χ4n) is 2.92. The quantitative estimate of drug-likeness (QED) is 0.859. The molecule has 1 fully saturated rings. The molecular weight excluding hydrogens is 252 g/mol. The van der Waals surface area contributed by atoms with Crippen LogP contribution in [0.1, 0.15) is 32.5 Å². The lowest BCUT2D eigenvalue weighted by molar-refractivity contribution is -0.128. The zero-order chi connectivity index (χ0) is 14.1. The van der Waals surface area contributed by atoms with Crippen molar-refractivity contribution in [2.24, 2.45) is 0 Å². The number of aryl methyl sites for hydroxylation is 1. The van der Waals surface area contributed by atoms with E-state index in [1.807, 2.05) is 31.2 Å². The van der Waals surface area contributed by atoms with Crippen molar-refractivity contribution in [1.82, 2.24) is 9.55 Å². The van der Waals surface area contributed by atoms with E-state index in [1.54, 1.807) is 0 Å². The lowest BCUT2D eigenvalue weighted by atomic mass is 10.1. The van der Waals surface area contributed by atoms with Gasteiger partial charge in [-0.2, -0.15) is 0 Å². The summed E-state index contributed by atoms with van der Waals surface area (Å²) in [6.07, 6.45) is 2.14. The van der Waals surface area contributed by atoms with Gasteiger partial charge in [0, 0.05) is 6.54 Å². The summed E-state index contributed by atoms with van der Waals surface area (Å²) in [6.45, 7) is 4.93. The number of ether oxygens (including phenoxy) is 1. The second kappa shape index (κ2) is 5.37. The molecule has 1 saturated heterocycles. The minimum Gasteiger partial charge on any atom is -0.367 e. The van der Waals surface area contributed by atoms with Crippen molar-refractivity contribution in [3.63, 3.8) is 0 Å². The third-order valence-corrected chi connectivity index (χ3v) is 3.97. The van der Waals surface area contributed by atoms with Gasteiger partial charge in [0.1, 0.15) is 11.9 Å². The summed E-state index contributed by atoms with van der Waals surface area (Å²) in [4.78, 5) is 16.9. The van der Waals surface area contributed by atoms with Crippen LogP contribution in [0.25, 0.3) is 11.0 Å². The molecule has 0 amide bonds. The number of carbonyl (C=O) groups is 1. The van der Waals surface area contributed by atoms with E-state index in [-0.39, 0.29) is 18.0 Å². The topological polar surface area (TPSA) is 44.1 Å². The molecule has 1 aromatic heterocycles. The summed E-state index contributed by atoms with van der Waals surface area (Å²) in [5, 5.41) is 0. The molecule has 0 radical (unpaired) electrons. The molecule has 1 aromatic carbocycles. The molecule has 4 nitrogen and oxygen atoms in total. The highest BCUT2D eigenvalue weighted by molar-refractivity contribution is 5.86. The van der Waals surface area contributed by atoms with Crippen LogP contribution in [0.15, 0.2) is 24.3 Å². The van der Waals surface area contributed by atoms with Crippen molar-refractivity contribution in [2.45, 2.75) is 51.9 Å². The Morgan fingerprint density at radius 3 is 2.90 bits per heavy atom. The number of ketones is 1. The van der Waals surface area contributed by atoms with Crippen molar-refractivity contribution in [2.75, 3.05) is 0 Å². The minimum atomic E-state index is -0.241. The predicted molar refractivity (Wildman–Crippen MR) is 77.7 cm³/mol. The summed E-state index contributed by atoms with van der Waals surface area (Å²) < 4.78 is 7.77. The van der Waals surface area contributed by atoms with Crippen LogP contribution in [0.2, 0.25) is 0 Å². The first-order chi connectivity index (χ1) is 9.69. The fraction of sp³-hybridized carbons (Fsp3) is 0.500. The average molecular weight is 272 g/mol. The van der Waals surface area contributed by atoms with Crippen LogP contribution in [0.5, 0.6) is 0 Å². The Labute approximate surface area is 118 Å². The summed E-state index contributed by atoms with van der Waals surface area (Å²) in [6, 6.07) is 8.02. The number of imidazole rings is 1. The molecule has 106 valence electrons. The highest BCUT2D eigenvalue weighted by Gasteiger charge is 2.29. The van der Waals surface area contributed by atoms with E-state index in [9.17, 15) is 4.79 Å². The van der Waals surface area contributed by atoms with E-state index in [2.05, 4.69) is 16.5 Å². The molecular formula is C16H20N2O2. The normalized spacial score (nSPS) is 22.5. The third kappa shape index (κ3) is 2.36. The molecule has 0 saturated carbocycles. The molecule has 4 heteroatoms. The molecule has 1 aliphatic heterocycles. The van der Waals surface area contributed by atoms with Gasteiger partial charge in [-0.1, -0.05) is 12.1 Å². The predicted octanol–water partition coefficient (Wildman–Crippen LogP) is 2.74. The number of para-hydroxylation sites is 2. The fourth-order valence-corrected chi connectivity index (χ4v) is 2.92. The molecule has 20 heavy (non-hydrogen) atoms. The van der Waals surface area contributed by atoms with Crippen LogP contribution in [-0.4, -0.2) is 27.5 Å². The first-order valence-corrected chi connectivity index (χ1v) is 7.31. The van der Waals surface area contributed by atoms with E-state index in [1.165, 1.54) is 0 Å². The van der Waals surface area contributed by atoms with Gasteiger partial charge in [-0.05, 0) is 38.8 Å². The van der Waals surface area contributed by atoms with Crippen LogP contribution >= 0.6 is 0 Å². The number of fused-ring (bicyclic) bond motifs is 1. The lowest BCUT2D eigenvalue weighted by Crippen LogP contribution is -2.24. The Hall–Kier alpha value is -1.68. The molecule has 1 aliphatic rings. The standard InChI is InChI=1S/C16H20N2O2/c1-3-18-13-7-5-4-6-12(13)17-16(18)10-14(19)15-9-8-11(2)20-15/h4-7,11,15H,3,8-10H2,1-2H3. The molecule has 2 atom stereocenters. The molecule has 2 unspecified atom stereocenters. The first kappa shape index (κ1) is 13.3. The molecule has 3 rings (SSSR count). The minimum absolute atomic E-state index is 0.152. The van der Waals surface area contributed by atoms with Crippen molar-refractivity contribution >= 4 is 16.8 Å². The van der Waals surface area contributed by atoms with Gasteiger partial charge in [-0.25, -0.2) is 4.98 Å². The van der Waals surface area contributed by atoms with E-state index in [0.29, 0.717) is 6.42 Å². The van der Waals surface area contributed by atoms with Crippen LogP contribution in [0, 0.1) is 0 Å². The third-order valence-electron chi connectivity index (χ3n) is 3.97. The van der Waals surface area contributed by atoms with E-state index in [4.69, 9.17) is 4.74 Å². The molecule has 0 bridgehead atoms. The second-order valence-electron chi connectivity index (χ2n) is 5.42. The van der Waals surface area contributed by atoms with E-state index in [0.717, 1.165) is 36.2 Å². The number of hydrogen-bond acceptors (Lipinski definition) is 3. The Bertz CT molecular complexity index is 632. The van der Waals surface area contributed by atoms with Crippen molar-refractivity contribution in [3.05, 3.63) is 30.1 Å². The Morgan fingerprint density at radius 1 is 1.40 bits per heavy atom. The number of Topliss-reactive ketones (excluding diaryl/α,β-unsaturated/α-hetero) is 1. The maximum absolute atomic E-state index is 12.3. The van der Waals surface area contributed by atoms with Crippen LogP contribution in [0.3, 0.4) is 0 Å². The molecule has 2 aromatic rings.